The first-order valence-corrected chi connectivity index (χ1v) is 10.6. The van der Waals surface area contributed by atoms with Gasteiger partial charge in [0.15, 0.2) is 5.82 Å². The van der Waals surface area contributed by atoms with Crippen LogP contribution in [0, 0.1) is 5.82 Å². The number of carboxylic acids is 1. The zero-order valence-electron chi connectivity index (χ0n) is 19.2. The molecule has 0 aliphatic heterocycles. The molecule has 1 amide bonds. The summed E-state index contributed by atoms with van der Waals surface area (Å²) in [7, 11) is 1.31. The highest BCUT2D eigenvalue weighted by Gasteiger charge is 2.24. The minimum Gasteiger partial charge on any atom is -0.494 e. The van der Waals surface area contributed by atoms with E-state index in [1.165, 1.54) is 36.3 Å². The van der Waals surface area contributed by atoms with Gasteiger partial charge in [0.25, 0.3) is 0 Å². The Hall–Kier alpha value is -5.00. The summed E-state index contributed by atoms with van der Waals surface area (Å²) in [5.74, 6) is -1.21. The van der Waals surface area contributed by atoms with Crippen LogP contribution in [0.4, 0.5) is 14.9 Å². The van der Waals surface area contributed by atoms with Crippen molar-refractivity contribution >= 4 is 17.7 Å². The molecular formula is C24H20FN5O6. The Morgan fingerprint density at radius 2 is 1.72 bits per heavy atom. The van der Waals surface area contributed by atoms with Crippen molar-refractivity contribution in [3.8, 4) is 22.9 Å². The number of rotatable bonds is 7. The molecule has 3 aromatic carbocycles. The second kappa shape index (κ2) is 10.1. The van der Waals surface area contributed by atoms with Gasteiger partial charge in [0.1, 0.15) is 22.9 Å². The van der Waals surface area contributed by atoms with E-state index in [-0.39, 0.29) is 23.5 Å². The zero-order valence-corrected chi connectivity index (χ0v) is 19.2. The molecule has 0 bridgehead atoms. The number of hydrogen-bond acceptors (Lipinski definition) is 7. The van der Waals surface area contributed by atoms with Crippen molar-refractivity contribution in [2.75, 3.05) is 18.6 Å². The second-order valence-corrected chi connectivity index (χ2v) is 7.34. The van der Waals surface area contributed by atoms with Gasteiger partial charge in [0, 0.05) is 18.3 Å². The standard InChI is InChI=1S/C24H20FN5O6/c1-3-28(16-8-5-10-18(14-16)36-17-9-4-7-15(13-17)22(31)32)23(33)30-24(34)29(26-27-30)21-19(25)11-6-12-20(21)35-2/h4-14H,3H2,1-2H3,(H,31,32). The molecule has 0 saturated carbocycles. The minimum atomic E-state index is -1.09. The number of anilines is 1. The molecule has 0 aliphatic rings. The maximum absolute atomic E-state index is 14.4. The van der Waals surface area contributed by atoms with Gasteiger partial charge in [0.05, 0.1) is 12.7 Å². The number of ether oxygens (including phenoxy) is 2. The normalized spacial score (nSPS) is 10.6. The molecule has 0 atom stereocenters. The van der Waals surface area contributed by atoms with Gasteiger partial charge in [-0.2, -0.15) is 4.68 Å². The Morgan fingerprint density at radius 1 is 1.03 bits per heavy atom. The van der Waals surface area contributed by atoms with Crippen molar-refractivity contribution in [1.82, 2.24) is 19.8 Å². The summed E-state index contributed by atoms with van der Waals surface area (Å²) in [6.07, 6.45) is 0. The number of carbonyl (C=O) groups is 2. The SMILES string of the molecule is CCN(C(=O)n1nnn(-c2c(F)cccc2OC)c1=O)c1cccc(Oc2cccc(C(=O)O)c2)c1. The average Bonchev–Trinajstić information content (AvgIpc) is 3.25. The summed E-state index contributed by atoms with van der Waals surface area (Å²) in [5.41, 5.74) is -0.826. The van der Waals surface area contributed by atoms with Crippen molar-refractivity contribution in [3.63, 3.8) is 0 Å². The number of tetrazole rings is 1. The van der Waals surface area contributed by atoms with E-state index in [9.17, 15) is 18.8 Å². The van der Waals surface area contributed by atoms with E-state index in [1.54, 1.807) is 43.3 Å². The summed E-state index contributed by atoms with van der Waals surface area (Å²) in [6, 6.07) is 15.5. The van der Waals surface area contributed by atoms with Gasteiger partial charge in [-0.25, -0.2) is 18.8 Å². The zero-order chi connectivity index (χ0) is 25.8. The topological polar surface area (TPSA) is 129 Å². The fourth-order valence-electron chi connectivity index (χ4n) is 3.46. The quantitative estimate of drug-likeness (QED) is 0.387. The van der Waals surface area contributed by atoms with Gasteiger partial charge < -0.3 is 14.6 Å². The van der Waals surface area contributed by atoms with Crippen LogP contribution in [0.15, 0.2) is 71.5 Å². The first kappa shape index (κ1) is 24.1. The highest BCUT2D eigenvalue weighted by Crippen LogP contribution is 2.27. The lowest BCUT2D eigenvalue weighted by Crippen LogP contribution is -2.41. The van der Waals surface area contributed by atoms with E-state index in [2.05, 4.69) is 10.4 Å². The molecule has 0 aliphatic carbocycles. The number of methoxy groups -OCH3 is 1. The van der Waals surface area contributed by atoms with E-state index >= 15 is 0 Å². The van der Waals surface area contributed by atoms with Gasteiger partial charge in [0.2, 0.25) is 0 Å². The smallest absolute Gasteiger partial charge is 0.377 e. The highest BCUT2D eigenvalue weighted by atomic mass is 19.1. The maximum atomic E-state index is 14.4. The number of aromatic carboxylic acids is 1. The number of carboxylic acid groups (broad SMARTS) is 1. The maximum Gasteiger partial charge on any atom is 0.377 e. The monoisotopic (exact) mass is 493 g/mol. The summed E-state index contributed by atoms with van der Waals surface area (Å²) in [5, 5.41) is 16.5. The summed E-state index contributed by atoms with van der Waals surface area (Å²) < 4.78 is 26.5. The van der Waals surface area contributed by atoms with Crippen LogP contribution in [0.5, 0.6) is 17.2 Å². The summed E-state index contributed by atoms with van der Waals surface area (Å²) in [6.45, 7) is 1.84. The Balaban J connectivity index is 1.64. The van der Waals surface area contributed by atoms with Crippen LogP contribution >= 0.6 is 0 Å². The molecule has 4 rings (SSSR count). The Morgan fingerprint density at radius 3 is 2.42 bits per heavy atom. The number of para-hydroxylation sites is 1. The van der Waals surface area contributed by atoms with Crippen molar-refractivity contribution in [1.29, 1.82) is 0 Å². The highest BCUT2D eigenvalue weighted by molar-refractivity contribution is 5.93. The molecule has 36 heavy (non-hydrogen) atoms. The average molecular weight is 493 g/mol. The molecule has 184 valence electrons. The molecule has 0 fully saturated rings. The van der Waals surface area contributed by atoms with Crippen molar-refractivity contribution < 1.29 is 28.6 Å². The van der Waals surface area contributed by atoms with Gasteiger partial charge in [-0.3, -0.25) is 4.90 Å². The molecule has 12 heteroatoms. The van der Waals surface area contributed by atoms with E-state index in [4.69, 9.17) is 14.6 Å². The predicted molar refractivity (Wildman–Crippen MR) is 126 cm³/mol. The summed E-state index contributed by atoms with van der Waals surface area (Å²) in [4.78, 5) is 38.6. The number of aromatic nitrogens is 4. The first-order chi connectivity index (χ1) is 17.3. The molecule has 1 heterocycles. The Kier molecular flexibility index (Phi) is 6.77. The number of nitrogens with zero attached hydrogens (tertiary/aromatic N) is 5. The predicted octanol–water partition coefficient (Wildman–Crippen LogP) is 3.56. The molecule has 0 unspecified atom stereocenters. The molecule has 0 radical (unpaired) electrons. The third-order valence-electron chi connectivity index (χ3n) is 5.14. The van der Waals surface area contributed by atoms with Crippen LogP contribution in [0.1, 0.15) is 17.3 Å². The molecule has 1 N–H and O–H groups in total. The van der Waals surface area contributed by atoms with Crippen LogP contribution in [-0.4, -0.2) is 50.6 Å². The second-order valence-electron chi connectivity index (χ2n) is 7.34. The van der Waals surface area contributed by atoms with Crippen LogP contribution in [0.3, 0.4) is 0 Å². The largest absolute Gasteiger partial charge is 0.494 e. The molecule has 4 aromatic rings. The third kappa shape index (κ3) is 4.64. The minimum absolute atomic E-state index is 0.0424. The lowest BCUT2D eigenvalue weighted by atomic mass is 10.2. The van der Waals surface area contributed by atoms with Crippen LogP contribution in [0.25, 0.3) is 5.69 Å². The van der Waals surface area contributed by atoms with E-state index in [0.29, 0.717) is 26.6 Å². The molecule has 11 nitrogen and oxygen atoms in total. The van der Waals surface area contributed by atoms with Crippen molar-refractivity contribution in [2.24, 2.45) is 0 Å². The Bertz CT molecular complexity index is 1500. The third-order valence-corrected chi connectivity index (χ3v) is 5.14. The lowest BCUT2D eigenvalue weighted by molar-refractivity contribution is 0.0696. The van der Waals surface area contributed by atoms with Crippen molar-refractivity contribution in [3.05, 3.63) is 88.6 Å². The number of carbonyl (C=O) groups excluding carboxylic acids is 1. The Labute approximate surface area is 203 Å². The van der Waals surface area contributed by atoms with Crippen LogP contribution < -0.4 is 20.1 Å². The number of hydrogen-bond donors (Lipinski definition) is 1. The fourth-order valence-corrected chi connectivity index (χ4v) is 3.46. The van der Waals surface area contributed by atoms with E-state index in [0.717, 1.165) is 6.07 Å². The summed E-state index contributed by atoms with van der Waals surface area (Å²) >= 11 is 0. The number of benzene rings is 3. The molecule has 0 saturated heterocycles. The molecule has 0 spiro atoms. The van der Waals surface area contributed by atoms with Crippen LogP contribution in [-0.2, 0) is 0 Å². The van der Waals surface area contributed by atoms with Gasteiger partial charge >= 0.3 is 17.7 Å². The van der Waals surface area contributed by atoms with E-state index in [1.807, 2.05) is 0 Å². The molecule has 1 aromatic heterocycles. The van der Waals surface area contributed by atoms with Gasteiger partial charge in [-0.1, -0.05) is 18.2 Å². The van der Waals surface area contributed by atoms with Gasteiger partial charge in [-0.15, -0.1) is 4.68 Å². The molecular weight excluding hydrogens is 473 g/mol. The number of amides is 1. The fraction of sp³-hybridized carbons (Fsp3) is 0.125. The van der Waals surface area contributed by atoms with Gasteiger partial charge in [-0.05, 0) is 59.8 Å². The lowest BCUT2D eigenvalue weighted by Gasteiger charge is -2.20. The first-order valence-electron chi connectivity index (χ1n) is 10.6. The van der Waals surface area contributed by atoms with E-state index < -0.39 is 23.5 Å². The van der Waals surface area contributed by atoms with Crippen molar-refractivity contribution in [2.45, 2.75) is 6.92 Å². The van der Waals surface area contributed by atoms with Crippen LogP contribution in [0.2, 0.25) is 0 Å². The number of halogens is 1.